The SMILES string of the molecule is COc1ccccc1Cc1nc(CN)co1. The van der Waals surface area contributed by atoms with Gasteiger partial charge in [-0.15, -0.1) is 0 Å². The van der Waals surface area contributed by atoms with Gasteiger partial charge < -0.3 is 14.9 Å². The molecule has 16 heavy (non-hydrogen) atoms. The molecule has 2 N–H and O–H groups in total. The average molecular weight is 218 g/mol. The van der Waals surface area contributed by atoms with E-state index in [0.717, 1.165) is 17.0 Å². The molecule has 1 aromatic heterocycles. The van der Waals surface area contributed by atoms with Crippen molar-refractivity contribution in [1.29, 1.82) is 0 Å². The second kappa shape index (κ2) is 4.81. The predicted molar refractivity (Wildman–Crippen MR) is 60.2 cm³/mol. The zero-order chi connectivity index (χ0) is 11.4. The Morgan fingerprint density at radius 3 is 2.88 bits per heavy atom. The van der Waals surface area contributed by atoms with Crippen LogP contribution in [0.15, 0.2) is 34.9 Å². The summed E-state index contributed by atoms with van der Waals surface area (Å²) in [5, 5.41) is 0. The van der Waals surface area contributed by atoms with Crippen LogP contribution in [0.1, 0.15) is 17.1 Å². The number of benzene rings is 1. The molecule has 4 heteroatoms. The van der Waals surface area contributed by atoms with Crippen molar-refractivity contribution in [2.45, 2.75) is 13.0 Å². The van der Waals surface area contributed by atoms with Gasteiger partial charge in [-0.1, -0.05) is 18.2 Å². The minimum Gasteiger partial charge on any atom is -0.496 e. The second-order valence-corrected chi connectivity index (χ2v) is 3.43. The highest BCUT2D eigenvalue weighted by Gasteiger charge is 2.07. The zero-order valence-corrected chi connectivity index (χ0v) is 9.14. The van der Waals surface area contributed by atoms with E-state index in [9.17, 15) is 0 Å². The fourth-order valence-corrected chi connectivity index (χ4v) is 1.54. The third-order valence-electron chi connectivity index (χ3n) is 2.34. The Labute approximate surface area is 94.1 Å². The molecule has 0 bridgehead atoms. The quantitative estimate of drug-likeness (QED) is 0.849. The summed E-state index contributed by atoms with van der Waals surface area (Å²) >= 11 is 0. The number of methoxy groups -OCH3 is 1. The van der Waals surface area contributed by atoms with E-state index in [1.54, 1.807) is 13.4 Å². The summed E-state index contributed by atoms with van der Waals surface area (Å²) in [4.78, 5) is 4.25. The van der Waals surface area contributed by atoms with Gasteiger partial charge in [-0.05, 0) is 6.07 Å². The van der Waals surface area contributed by atoms with Gasteiger partial charge in [0.05, 0.1) is 19.2 Å². The van der Waals surface area contributed by atoms with E-state index < -0.39 is 0 Å². The Morgan fingerprint density at radius 2 is 2.19 bits per heavy atom. The predicted octanol–water partition coefficient (Wildman–Crippen LogP) is 1.73. The summed E-state index contributed by atoms with van der Waals surface area (Å²) in [5.74, 6) is 1.50. The maximum Gasteiger partial charge on any atom is 0.198 e. The van der Waals surface area contributed by atoms with Crippen molar-refractivity contribution < 1.29 is 9.15 Å². The average Bonchev–Trinajstić information content (AvgIpc) is 2.77. The van der Waals surface area contributed by atoms with Crippen LogP contribution in [0.5, 0.6) is 5.75 Å². The van der Waals surface area contributed by atoms with Crippen LogP contribution in [0.2, 0.25) is 0 Å². The van der Waals surface area contributed by atoms with Crippen molar-refractivity contribution in [1.82, 2.24) is 4.98 Å². The molecule has 0 aliphatic heterocycles. The van der Waals surface area contributed by atoms with E-state index in [1.165, 1.54) is 0 Å². The van der Waals surface area contributed by atoms with Gasteiger partial charge in [-0.25, -0.2) is 4.98 Å². The standard InChI is InChI=1S/C12H14N2O2/c1-15-11-5-3-2-4-9(11)6-12-14-10(7-13)8-16-12/h2-5,8H,6-7,13H2,1H3. The molecule has 0 radical (unpaired) electrons. The molecule has 1 aromatic carbocycles. The van der Waals surface area contributed by atoms with E-state index in [4.69, 9.17) is 14.9 Å². The first-order valence-electron chi connectivity index (χ1n) is 5.08. The van der Waals surface area contributed by atoms with Crippen LogP contribution < -0.4 is 10.5 Å². The normalized spacial score (nSPS) is 10.4. The van der Waals surface area contributed by atoms with Gasteiger partial charge in [0, 0.05) is 12.1 Å². The van der Waals surface area contributed by atoms with Gasteiger partial charge in [0.15, 0.2) is 5.89 Å². The lowest BCUT2D eigenvalue weighted by atomic mass is 10.1. The lowest BCUT2D eigenvalue weighted by molar-refractivity contribution is 0.408. The number of hydrogen-bond acceptors (Lipinski definition) is 4. The molecule has 0 aliphatic rings. The molecular weight excluding hydrogens is 204 g/mol. The molecular formula is C12H14N2O2. The summed E-state index contributed by atoms with van der Waals surface area (Å²) in [6.45, 7) is 0.398. The minimum atomic E-state index is 0.398. The van der Waals surface area contributed by atoms with Crippen LogP contribution in [0.25, 0.3) is 0 Å². The minimum absolute atomic E-state index is 0.398. The van der Waals surface area contributed by atoms with Gasteiger partial charge in [0.1, 0.15) is 12.0 Å². The third kappa shape index (κ3) is 2.23. The lowest BCUT2D eigenvalue weighted by Gasteiger charge is -2.05. The summed E-state index contributed by atoms with van der Waals surface area (Å²) in [6, 6.07) is 7.81. The number of nitrogens with zero attached hydrogens (tertiary/aromatic N) is 1. The van der Waals surface area contributed by atoms with Gasteiger partial charge in [-0.2, -0.15) is 0 Å². The van der Waals surface area contributed by atoms with Crippen LogP contribution in [0, 0.1) is 0 Å². The Kier molecular flexibility index (Phi) is 3.22. The molecule has 1 heterocycles. The number of oxazole rings is 1. The van der Waals surface area contributed by atoms with E-state index >= 15 is 0 Å². The van der Waals surface area contributed by atoms with Gasteiger partial charge in [0.2, 0.25) is 0 Å². The van der Waals surface area contributed by atoms with E-state index in [-0.39, 0.29) is 0 Å². The highest BCUT2D eigenvalue weighted by atomic mass is 16.5. The second-order valence-electron chi connectivity index (χ2n) is 3.43. The van der Waals surface area contributed by atoms with Crippen LogP contribution in [-0.4, -0.2) is 12.1 Å². The van der Waals surface area contributed by atoms with Gasteiger partial charge in [-0.3, -0.25) is 0 Å². The molecule has 0 saturated carbocycles. The summed E-state index contributed by atoms with van der Waals surface area (Å²) in [5.41, 5.74) is 7.29. The lowest BCUT2D eigenvalue weighted by Crippen LogP contribution is -1.97. The fourth-order valence-electron chi connectivity index (χ4n) is 1.54. The third-order valence-corrected chi connectivity index (χ3v) is 2.34. The first-order chi connectivity index (χ1) is 7.83. The molecule has 0 aliphatic carbocycles. The number of hydrogen-bond donors (Lipinski definition) is 1. The molecule has 0 saturated heterocycles. The first-order valence-corrected chi connectivity index (χ1v) is 5.08. The number of aromatic nitrogens is 1. The summed E-state index contributed by atoms with van der Waals surface area (Å²) < 4.78 is 10.6. The molecule has 2 aromatic rings. The largest absolute Gasteiger partial charge is 0.496 e. The van der Waals surface area contributed by atoms with Crippen molar-refractivity contribution in [2.75, 3.05) is 7.11 Å². The fraction of sp³-hybridized carbons (Fsp3) is 0.250. The Hall–Kier alpha value is -1.81. The van der Waals surface area contributed by atoms with Crippen LogP contribution in [0.4, 0.5) is 0 Å². The van der Waals surface area contributed by atoms with Crippen LogP contribution >= 0.6 is 0 Å². The summed E-state index contributed by atoms with van der Waals surface area (Å²) in [6.07, 6.45) is 2.20. The molecule has 0 fully saturated rings. The molecule has 0 spiro atoms. The maximum absolute atomic E-state index is 5.47. The van der Waals surface area contributed by atoms with E-state index in [1.807, 2.05) is 24.3 Å². The number of para-hydroxylation sites is 1. The smallest absolute Gasteiger partial charge is 0.198 e. The number of nitrogens with two attached hydrogens (primary N) is 1. The van der Waals surface area contributed by atoms with Crippen LogP contribution in [-0.2, 0) is 13.0 Å². The topological polar surface area (TPSA) is 61.3 Å². The van der Waals surface area contributed by atoms with E-state index in [0.29, 0.717) is 18.9 Å². The maximum atomic E-state index is 5.47. The number of rotatable bonds is 4. The van der Waals surface area contributed by atoms with E-state index in [2.05, 4.69) is 4.98 Å². The van der Waals surface area contributed by atoms with Crippen molar-refractivity contribution in [3.8, 4) is 5.75 Å². The summed E-state index contributed by atoms with van der Waals surface area (Å²) in [7, 11) is 1.65. The van der Waals surface area contributed by atoms with Crippen LogP contribution in [0.3, 0.4) is 0 Å². The Balaban J connectivity index is 2.19. The highest BCUT2D eigenvalue weighted by Crippen LogP contribution is 2.20. The molecule has 2 rings (SSSR count). The Bertz CT molecular complexity index is 466. The van der Waals surface area contributed by atoms with Gasteiger partial charge in [0.25, 0.3) is 0 Å². The molecule has 0 atom stereocenters. The van der Waals surface area contributed by atoms with Crippen molar-refractivity contribution in [3.05, 3.63) is 47.7 Å². The van der Waals surface area contributed by atoms with Crippen molar-refractivity contribution in [3.63, 3.8) is 0 Å². The number of ether oxygens (including phenoxy) is 1. The Morgan fingerprint density at radius 1 is 1.38 bits per heavy atom. The zero-order valence-electron chi connectivity index (χ0n) is 9.14. The van der Waals surface area contributed by atoms with Crippen molar-refractivity contribution >= 4 is 0 Å². The van der Waals surface area contributed by atoms with Gasteiger partial charge >= 0.3 is 0 Å². The van der Waals surface area contributed by atoms with Crippen molar-refractivity contribution in [2.24, 2.45) is 5.73 Å². The monoisotopic (exact) mass is 218 g/mol. The molecule has 84 valence electrons. The highest BCUT2D eigenvalue weighted by molar-refractivity contribution is 5.34. The first kappa shape index (κ1) is 10.7. The molecule has 0 unspecified atom stereocenters. The molecule has 4 nitrogen and oxygen atoms in total. The molecule has 0 amide bonds.